The van der Waals surface area contributed by atoms with Crippen LogP contribution in [0.1, 0.15) is 78.6 Å². The van der Waals surface area contributed by atoms with Gasteiger partial charge in [-0.2, -0.15) is 0 Å². The van der Waals surface area contributed by atoms with E-state index in [1.54, 1.807) is 0 Å². The van der Waals surface area contributed by atoms with E-state index in [-0.39, 0.29) is 18.1 Å². The molecule has 1 heterocycles. The van der Waals surface area contributed by atoms with E-state index < -0.39 is 5.60 Å². The molecule has 1 amide bonds. The maximum atomic E-state index is 12.6. The van der Waals surface area contributed by atoms with Crippen molar-refractivity contribution in [3.63, 3.8) is 0 Å². The number of rotatable bonds is 1. The van der Waals surface area contributed by atoms with E-state index in [1.807, 2.05) is 25.7 Å². The molecule has 0 radical (unpaired) electrons. The summed E-state index contributed by atoms with van der Waals surface area (Å²) in [5.41, 5.74) is -0.0890. The van der Waals surface area contributed by atoms with E-state index in [2.05, 4.69) is 0 Å². The summed E-state index contributed by atoms with van der Waals surface area (Å²) < 4.78 is 5.57. The first-order valence-corrected chi connectivity index (χ1v) is 9.32. The molecule has 1 aliphatic heterocycles. The Morgan fingerprint density at radius 2 is 1.87 bits per heavy atom. The largest absolute Gasteiger partial charge is 0.444 e. The fourth-order valence-electron chi connectivity index (χ4n) is 4.94. The van der Waals surface area contributed by atoms with Crippen LogP contribution in [0, 0.1) is 11.3 Å². The van der Waals surface area contributed by atoms with Crippen molar-refractivity contribution in [1.29, 1.82) is 0 Å². The molecule has 4 nitrogen and oxygen atoms in total. The van der Waals surface area contributed by atoms with Gasteiger partial charge in [-0.25, -0.2) is 4.79 Å². The molecule has 2 saturated carbocycles. The highest BCUT2D eigenvalue weighted by Crippen LogP contribution is 2.51. The average molecular weight is 321 g/mol. The molecule has 2 atom stereocenters. The molecular weight excluding hydrogens is 290 g/mol. The Hall–Kier alpha value is -1.06. The van der Waals surface area contributed by atoms with E-state index in [0.717, 1.165) is 32.2 Å². The van der Waals surface area contributed by atoms with Crippen LogP contribution < -0.4 is 0 Å². The van der Waals surface area contributed by atoms with Crippen molar-refractivity contribution in [2.75, 3.05) is 6.54 Å². The molecule has 1 saturated heterocycles. The molecule has 3 aliphatic rings. The van der Waals surface area contributed by atoms with E-state index in [9.17, 15) is 9.59 Å². The SMILES string of the molecule is CC(C)(C)OC(=O)N1CCCC1C1CC2(CCCC2)CCC1=O. The molecule has 0 aromatic rings. The molecule has 3 rings (SSSR count). The van der Waals surface area contributed by atoms with Gasteiger partial charge < -0.3 is 9.64 Å². The summed E-state index contributed by atoms with van der Waals surface area (Å²) in [6, 6.07) is 0.0649. The Morgan fingerprint density at radius 3 is 2.52 bits per heavy atom. The average Bonchev–Trinajstić information content (AvgIpc) is 3.10. The molecule has 2 unspecified atom stereocenters. The highest BCUT2D eigenvalue weighted by atomic mass is 16.6. The fraction of sp³-hybridized carbons (Fsp3) is 0.895. The molecule has 0 bridgehead atoms. The second kappa shape index (κ2) is 6.10. The fourth-order valence-corrected chi connectivity index (χ4v) is 4.94. The zero-order chi connectivity index (χ0) is 16.7. The Labute approximate surface area is 139 Å². The third-order valence-corrected chi connectivity index (χ3v) is 6.02. The van der Waals surface area contributed by atoms with Gasteiger partial charge in [0.15, 0.2) is 0 Å². The predicted octanol–water partition coefficient (Wildman–Crippen LogP) is 4.32. The van der Waals surface area contributed by atoms with Crippen LogP contribution in [0.2, 0.25) is 0 Å². The van der Waals surface area contributed by atoms with Gasteiger partial charge in [0.1, 0.15) is 11.4 Å². The monoisotopic (exact) mass is 321 g/mol. The molecule has 4 heteroatoms. The first-order valence-electron chi connectivity index (χ1n) is 9.32. The Balaban J connectivity index is 1.73. The Morgan fingerprint density at radius 1 is 1.17 bits per heavy atom. The number of hydrogen-bond donors (Lipinski definition) is 0. The Kier molecular flexibility index (Phi) is 4.45. The normalized spacial score (nSPS) is 30.9. The number of hydrogen-bond acceptors (Lipinski definition) is 3. The summed E-state index contributed by atoms with van der Waals surface area (Å²) in [6.45, 7) is 6.43. The van der Waals surface area contributed by atoms with Gasteiger partial charge >= 0.3 is 6.09 Å². The van der Waals surface area contributed by atoms with Crippen LogP contribution in [0.25, 0.3) is 0 Å². The third kappa shape index (κ3) is 3.56. The second-order valence-corrected chi connectivity index (χ2v) is 8.87. The minimum atomic E-state index is -0.479. The molecule has 1 spiro atoms. The molecule has 23 heavy (non-hydrogen) atoms. The van der Waals surface area contributed by atoms with Gasteiger partial charge in [-0.05, 0) is 64.7 Å². The van der Waals surface area contributed by atoms with Gasteiger partial charge in [-0.3, -0.25) is 4.79 Å². The third-order valence-electron chi connectivity index (χ3n) is 6.02. The van der Waals surface area contributed by atoms with Gasteiger partial charge in [-0.15, -0.1) is 0 Å². The lowest BCUT2D eigenvalue weighted by atomic mass is 9.66. The number of likely N-dealkylation sites (tertiary alicyclic amines) is 1. The van der Waals surface area contributed by atoms with Gasteiger partial charge in [-0.1, -0.05) is 12.8 Å². The highest BCUT2D eigenvalue weighted by molar-refractivity contribution is 5.83. The topological polar surface area (TPSA) is 46.6 Å². The van der Waals surface area contributed by atoms with E-state index in [4.69, 9.17) is 4.74 Å². The van der Waals surface area contributed by atoms with E-state index >= 15 is 0 Å². The first-order chi connectivity index (χ1) is 10.8. The number of ketones is 1. The summed E-state index contributed by atoms with van der Waals surface area (Å²) in [5, 5.41) is 0. The smallest absolute Gasteiger partial charge is 0.410 e. The van der Waals surface area contributed by atoms with Crippen LogP contribution in [0.3, 0.4) is 0 Å². The van der Waals surface area contributed by atoms with Crippen molar-refractivity contribution in [3.05, 3.63) is 0 Å². The van der Waals surface area contributed by atoms with Crippen LogP contribution in [0.4, 0.5) is 4.79 Å². The number of carbonyl (C=O) groups excluding carboxylic acids is 2. The van der Waals surface area contributed by atoms with Gasteiger partial charge in [0, 0.05) is 24.9 Å². The standard InChI is InChI=1S/C19H31NO3/c1-18(2,3)23-17(22)20-12-6-7-15(20)14-13-19(9-4-5-10-19)11-8-16(14)21/h14-15H,4-13H2,1-3H3. The first kappa shape index (κ1) is 16.8. The van der Waals surface area contributed by atoms with Crippen LogP contribution in [0.5, 0.6) is 0 Å². The number of carbonyl (C=O) groups is 2. The zero-order valence-electron chi connectivity index (χ0n) is 14.9. The zero-order valence-corrected chi connectivity index (χ0v) is 14.9. The van der Waals surface area contributed by atoms with Crippen molar-refractivity contribution in [2.45, 2.75) is 90.2 Å². The molecule has 2 aliphatic carbocycles. The minimum Gasteiger partial charge on any atom is -0.444 e. The summed E-state index contributed by atoms with van der Waals surface area (Å²) in [7, 11) is 0. The molecule has 0 N–H and O–H groups in total. The van der Waals surface area contributed by atoms with Gasteiger partial charge in [0.2, 0.25) is 0 Å². The lowest BCUT2D eigenvalue weighted by Crippen LogP contribution is -2.48. The van der Waals surface area contributed by atoms with Crippen molar-refractivity contribution in [1.82, 2.24) is 4.90 Å². The van der Waals surface area contributed by atoms with Gasteiger partial charge in [0.05, 0.1) is 0 Å². The summed E-state index contributed by atoms with van der Waals surface area (Å²) in [4.78, 5) is 27.0. The van der Waals surface area contributed by atoms with Crippen LogP contribution in [-0.4, -0.2) is 35.0 Å². The van der Waals surface area contributed by atoms with E-state index in [1.165, 1.54) is 25.7 Å². The lowest BCUT2D eigenvalue weighted by molar-refractivity contribution is -0.129. The second-order valence-electron chi connectivity index (χ2n) is 8.87. The number of nitrogens with zero attached hydrogens (tertiary/aromatic N) is 1. The van der Waals surface area contributed by atoms with Crippen molar-refractivity contribution in [3.8, 4) is 0 Å². The molecular formula is C19H31NO3. The quantitative estimate of drug-likeness (QED) is 0.723. The van der Waals surface area contributed by atoms with Crippen LogP contribution in [-0.2, 0) is 9.53 Å². The number of ether oxygens (including phenoxy) is 1. The van der Waals surface area contributed by atoms with E-state index in [0.29, 0.717) is 17.6 Å². The van der Waals surface area contributed by atoms with Crippen molar-refractivity contribution in [2.24, 2.45) is 11.3 Å². The Bertz CT molecular complexity index is 473. The van der Waals surface area contributed by atoms with Crippen LogP contribution in [0.15, 0.2) is 0 Å². The minimum absolute atomic E-state index is 0.0388. The molecule has 0 aromatic carbocycles. The maximum absolute atomic E-state index is 12.6. The number of amides is 1. The summed E-state index contributed by atoms with van der Waals surface area (Å²) in [5.74, 6) is 0.417. The summed E-state index contributed by atoms with van der Waals surface area (Å²) in [6.07, 6.45) is 9.64. The van der Waals surface area contributed by atoms with Crippen molar-refractivity contribution < 1.29 is 14.3 Å². The highest BCUT2D eigenvalue weighted by Gasteiger charge is 2.47. The maximum Gasteiger partial charge on any atom is 0.410 e. The predicted molar refractivity (Wildman–Crippen MR) is 89.2 cm³/mol. The van der Waals surface area contributed by atoms with Crippen molar-refractivity contribution >= 4 is 11.9 Å². The molecule has 3 fully saturated rings. The van der Waals surface area contributed by atoms with Gasteiger partial charge in [0.25, 0.3) is 0 Å². The lowest BCUT2D eigenvalue weighted by Gasteiger charge is -2.41. The molecule has 130 valence electrons. The summed E-state index contributed by atoms with van der Waals surface area (Å²) >= 11 is 0. The van der Waals surface area contributed by atoms with Crippen LogP contribution >= 0.6 is 0 Å². The number of Topliss-reactive ketones (excluding diaryl/α,β-unsaturated/α-hetero) is 1. The molecule has 0 aromatic heterocycles.